The Morgan fingerprint density at radius 3 is 2.65 bits per heavy atom. The van der Waals surface area contributed by atoms with Crippen molar-refractivity contribution < 1.29 is 13.2 Å². The van der Waals surface area contributed by atoms with Crippen molar-refractivity contribution in [1.82, 2.24) is 9.97 Å². The maximum Gasteiger partial charge on any atom is 0.278 e. The SMILES string of the molecule is Cc1ncc(S(=O)(=O)Nc2ccc(OCC#N)cc2)[nH]1. The fraction of sp³-hybridized carbons (Fsp3) is 0.167. The second kappa shape index (κ2) is 5.63. The average molecular weight is 292 g/mol. The van der Waals surface area contributed by atoms with E-state index in [1.807, 2.05) is 6.07 Å². The molecule has 0 unspecified atom stereocenters. The van der Waals surface area contributed by atoms with E-state index in [4.69, 9.17) is 10.00 Å². The summed E-state index contributed by atoms with van der Waals surface area (Å²) in [4.78, 5) is 6.50. The number of aromatic amines is 1. The number of ether oxygens (including phenoxy) is 1. The van der Waals surface area contributed by atoms with Crippen molar-refractivity contribution in [2.45, 2.75) is 11.9 Å². The van der Waals surface area contributed by atoms with Gasteiger partial charge in [0.05, 0.1) is 6.20 Å². The van der Waals surface area contributed by atoms with E-state index in [0.29, 0.717) is 17.3 Å². The Balaban J connectivity index is 2.12. The van der Waals surface area contributed by atoms with Gasteiger partial charge in [0.2, 0.25) is 0 Å². The minimum absolute atomic E-state index is 0.000179. The van der Waals surface area contributed by atoms with Crippen LogP contribution in [0.1, 0.15) is 5.82 Å². The largest absolute Gasteiger partial charge is 0.479 e. The molecule has 0 atom stereocenters. The molecule has 0 amide bonds. The molecule has 1 aromatic carbocycles. The number of benzene rings is 1. The molecule has 0 saturated carbocycles. The first-order valence-corrected chi connectivity index (χ1v) is 7.14. The molecule has 2 N–H and O–H groups in total. The van der Waals surface area contributed by atoms with Crippen LogP contribution in [0.2, 0.25) is 0 Å². The number of nitrogens with zero attached hydrogens (tertiary/aromatic N) is 2. The molecule has 0 aliphatic carbocycles. The molecule has 1 aromatic heterocycles. The van der Waals surface area contributed by atoms with Crippen LogP contribution in [0.15, 0.2) is 35.5 Å². The van der Waals surface area contributed by atoms with E-state index >= 15 is 0 Å². The van der Waals surface area contributed by atoms with Crippen molar-refractivity contribution in [2.75, 3.05) is 11.3 Å². The quantitative estimate of drug-likeness (QED) is 0.866. The van der Waals surface area contributed by atoms with Crippen molar-refractivity contribution >= 4 is 15.7 Å². The summed E-state index contributed by atoms with van der Waals surface area (Å²) in [5.41, 5.74) is 0.390. The van der Waals surface area contributed by atoms with Gasteiger partial charge in [0.1, 0.15) is 17.6 Å². The third kappa shape index (κ3) is 3.27. The molecule has 0 bridgehead atoms. The number of hydrogen-bond acceptors (Lipinski definition) is 5. The highest BCUT2D eigenvalue weighted by Gasteiger charge is 2.16. The van der Waals surface area contributed by atoms with Crippen molar-refractivity contribution in [3.8, 4) is 11.8 Å². The van der Waals surface area contributed by atoms with Crippen LogP contribution in [-0.4, -0.2) is 25.0 Å². The number of sulfonamides is 1. The van der Waals surface area contributed by atoms with Crippen LogP contribution in [0.25, 0.3) is 0 Å². The lowest BCUT2D eigenvalue weighted by molar-refractivity contribution is 0.368. The molecule has 8 heteroatoms. The lowest BCUT2D eigenvalue weighted by atomic mass is 10.3. The highest BCUT2D eigenvalue weighted by molar-refractivity contribution is 7.92. The number of rotatable bonds is 5. The first-order chi connectivity index (χ1) is 9.51. The Morgan fingerprint density at radius 2 is 2.10 bits per heavy atom. The predicted molar refractivity (Wildman–Crippen MR) is 71.7 cm³/mol. The molecule has 104 valence electrons. The van der Waals surface area contributed by atoms with Gasteiger partial charge in [0.15, 0.2) is 11.6 Å². The third-order valence-electron chi connectivity index (χ3n) is 2.38. The molecule has 2 aromatic rings. The van der Waals surface area contributed by atoms with Gasteiger partial charge in [0, 0.05) is 5.69 Å². The van der Waals surface area contributed by atoms with E-state index in [1.165, 1.54) is 6.20 Å². The molecule has 20 heavy (non-hydrogen) atoms. The summed E-state index contributed by atoms with van der Waals surface area (Å²) in [6.45, 7) is 1.61. The van der Waals surface area contributed by atoms with E-state index in [2.05, 4.69) is 14.7 Å². The van der Waals surface area contributed by atoms with Gasteiger partial charge in [-0.15, -0.1) is 0 Å². The van der Waals surface area contributed by atoms with Gasteiger partial charge in [-0.2, -0.15) is 13.7 Å². The zero-order valence-corrected chi connectivity index (χ0v) is 11.4. The summed E-state index contributed by atoms with van der Waals surface area (Å²) >= 11 is 0. The van der Waals surface area contributed by atoms with Crippen LogP contribution in [0.5, 0.6) is 5.75 Å². The number of hydrogen-bond donors (Lipinski definition) is 2. The highest BCUT2D eigenvalue weighted by Crippen LogP contribution is 2.18. The lowest BCUT2D eigenvalue weighted by Gasteiger charge is -2.07. The smallest absolute Gasteiger partial charge is 0.278 e. The Bertz CT molecular complexity index is 729. The van der Waals surface area contributed by atoms with E-state index in [1.54, 1.807) is 31.2 Å². The van der Waals surface area contributed by atoms with Crippen molar-refractivity contribution in [3.63, 3.8) is 0 Å². The maximum atomic E-state index is 12.0. The van der Waals surface area contributed by atoms with Crippen molar-refractivity contribution in [2.24, 2.45) is 0 Å². The van der Waals surface area contributed by atoms with Crippen LogP contribution in [-0.2, 0) is 10.0 Å². The second-order valence-corrected chi connectivity index (χ2v) is 5.56. The molecule has 7 nitrogen and oxygen atoms in total. The Hall–Kier alpha value is -2.53. The molecule has 0 spiro atoms. The summed E-state index contributed by atoms with van der Waals surface area (Å²) in [6.07, 6.45) is 1.25. The monoisotopic (exact) mass is 292 g/mol. The molecule has 2 rings (SSSR count). The van der Waals surface area contributed by atoms with Gasteiger partial charge in [-0.1, -0.05) is 0 Å². The molecule has 0 radical (unpaired) electrons. The van der Waals surface area contributed by atoms with Crippen LogP contribution in [0, 0.1) is 18.3 Å². The fourth-order valence-electron chi connectivity index (χ4n) is 1.48. The van der Waals surface area contributed by atoms with Gasteiger partial charge in [-0.05, 0) is 31.2 Å². The number of aryl methyl sites for hydroxylation is 1. The third-order valence-corrected chi connectivity index (χ3v) is 3.67. The minimum Gasteiger partial charge on any atom is -0.479 e. The molecule has 0 fully saturated rings. The second-order valence-electron chi connectivity index (χ2n) is 3.91. The number of nitrogens with one attached hydrogen (secondary N) is 2. The van der Waals surface area contributed by atoms with E-state index < -0.39 is 10.0 Å². The number of imidazole rings is 1. The normalized spacial score (nSPS) is 10.8. The number of H-pyrrole nitrogens is 1. The molecule has 0 aliphatic rings. The van der Waals surface area contributed by atoms with Gasteiger partial charge >= 0.3 is 0 Å². The fourth-order valence-corrected chi connectivity index (χ4v) is 2.51. The van der Waals surface area contributed by atoms with Gasteiger partial charge in [-0.3, -0.25) is 4.72 Å². The molecule has 1 heterocycles. The number of anilines is 1. The molecular formula is C12H12N4O3S. The predicted octanol–water partition coefficient (Wildman–Crippen LogP) is 1.42. The van der Waals surface area contributed by atoms with E-state index in [-0.39, 0.29) is 11.6 Å². The summed E-state index contributed by atoms with van der Waals surface area (Å²) in [5.74, 6) is 1.01. The number of aromatic nitrogens is 2. The zero-order valence-electron chi connectivity index (χ0n) is 10.6. The van der Waals surface area contributed by atoms with Crippen LogP contribution >= 0.6 is 0 Å². The Morgan fingerprint density at radius 1 is 1.40 bits per heavy atom. The Labute approximate surface area is 116 Å². The van der Waals surface area contributed by atoms with Crippen molar-refractivity contribution in [3.05, 3.63) is 36.3 Å². The maximum absolute atomic E-state index is 12.0. The standard InChI is InChI=1S/C12H12N4O3S/c1-9-14-8-12(15-9)20(17,18)16-10-2-4-11(5-3-10)19-7-6-13/h2-5,8,16H,7H2,1H3,(H,14,15). The average Bonchev–Trinajstić information content (AvgIpc) is 2.85. The Kier molecular flexibility index (Phi) is 3.91. The van der Waals surface area contributed by atoms with Crippen LogP contribution < -0.4 is 9.46 Å². The van der Waals surface area contributed by atoms with Gasteiger partial charge in [-0.25, -0.2) is 4.98 Å². The van der Waals surface area contributed by atoms with Gasteiger partial charge < -0.3 is 9.72 Å². The first-order valence-electron chi connectivity index (χ1n) is 5.65. The summed E-state index contributed by atoms with van der Waals surface area (Å²) < 4.78 is 31.5. The van der Waals surface area contributed by atoms with Crippen LogP contribution in [0.4, 0.5) is 5.69 Å². The molecular weight excluding hydrogens is 280 g/mol. The summed E-state index contributed by atoms with van der Waals surface area (Å²) in [5, 5.41) is 8.39. The van der Waals surface area contributed by atoms with Crippen LogP contribution in [0.3, 0.4) is 0 Å². The number of nitriles is 1. The topological polar surface area (TPSA) is 108 Å². The lowest BCUT2D eigenvalue weighted by Crippen LogP contribution is -2.13. The van der Waals surface area contributed by atoms with E-state index in [9.17, 15) is 8.42 Å². The summed E-state index contributed by atoms with van der Waals surface area (Å²) in [6, 6.07) is 8.10. The minimum atomic E-state index is -3.68. The summed E-state index contributed by atoms with van der Waals surface area (Å²) in [7, 11) is -3.68. The van der Waals surface area contributed by atoms with E-state index in [0.717, 1.165) is 0 Å². The highest BCUT2D eigenvalue weighted by atomic mass is 32.2. The van der Waals surface area contributed by atoms with Crippen molar-refractivity contribution in [1.29, 1.82) is 5.26 Å². The molecule has 0 aliphatic heterocycles. The first kappa shape index (κ1) is 13.9. The zero-order chi connectivity index (χ0) is 14.6. The molecule has 0 saturated heterocycles. The van der Waals surface area contributed by atoms with Gasteiger partial charge in [0.25, 0.3) is 10.0 Å².